The first kappa shape index (κ1) is 21.2. The van der Waals surface area contributed by atoms with Gasteiger partial charge in [-0.2, -0.15) is 0 Å². The lowest BCUT2D eigenvalue weighted by Gasteiger charge is -2.31. The van der Waals surface area contributed by atoms with Gasteiger partial charge in [-0.1, -0.05) is 23.7 Å². The Morgan fingerprint density at radius 3 is 2.37 bits per heavy atom. The number of aromatic nitrogens is 1. The zero-order chi connectivity index (χ0) is 18.5. The first-order valence-electron chi connectivity index (χ1n) is 8.57. The highest BCUT2D eigenvalue weighted by molar-refractivity contribution is 6.30. The van der Waals surface area contributed by atoms with E-state index in [4.69, 9.17) is 17.3 Å². The molecule has 1 aromatic carbocycles. The Balaban J connectivity index is 0.00000261. The number of carbonyl (C=O) groups is 2. The van der Waals surface area contributed by atoms with E-state index < -0.39 is 0 Å². The number of nitrogens with zero attached hydrogens (tertiary/aromatic N) is 2. The van der Waals surface area contributed by atoms with Crippen molar-refractivity contribution in [2.24, 2.45) is 11.7 Å². The van der Waals surface area contributed by atoms with Crippen LogP contribution in [0.1, 0.15) is 28.8 Å². The number of halogens is 2. The van der Waals surface area contributed by atoms with Crippen LogP contribution in [0.15, 0.2) is 42.6 Å². The van der Waals surface area contributed by atoms with E-state index >= 15 is 0 Å². The topological polar surface area (TPSA) is 88.3 Å². The average molecular weight is 409 g/mol. The number of benzene rings is 1. The molecule has 0 spiro atoms. The van der Waals surface area contributed by atoms with E-state index in [0.29, 0.717) is 48.9 Å². The lowest BCUT2D eigenvalue weighted by atomic mass is 9.95. The van der Waals surface area contributed by atoms with Crippen LogP contribution in [0.5, 0.6) is 0 Å². The van der Waals surface area contributed by atoms with Gasteiger partial charge in [-0.15, -0.1) is 12.4 Å². The number of likely N-dealkylation sites (tertiary alicyclic amines) is 1. The maximum absolute atomic E-state index is 12.6. The Kier molecular flexibility index (Phi) is 7.59. The van der Waals surface area contributed by atoms with Gasteiger partial charge in [0.15, 0.2) is 0 Å². The second-order valence-corrected chi connectivity index (χ2v) is 6.75. The van der Waals surface area contributed by atoms with E-state index in [2.05, 4.69) is 10.3 Å². The normalized spacial score (nSPS) is 14.4. The lowest BCUT2D eigenvalue weighted by Crippen LogP contribution is -2.41. The fourth-order valence-electron chi connectivity index (χ4n) is 2.99. The molecular formula is C19H22Cl2N4O2. The first-order valence-corrected chi connectivity index (χ1v) is 8.95. The Hall–Kier alpha value is -2.15. The van der Waals surface area contributed by atoms with Crippen LogP contribution in [0.4, 0.5) is 5.82 Å². The molecule has 8 heteroatoms. The van der Waals surface area contributed by atoms with Crippen LogP contribution in [0.2, 0.25) is 5.02 Å². The van der Waals surface area contributed by atoms with Gasteiger partial charge in [-0.3, -0.25) is 9.59 Å². The van der Waals surface area contributed by atoms with Gasteiger partial charge in [0.25, 0.3) is 5.91 Å². The molecule has 3 rings (SSSR count). The van der Waals surface area contributed by atoms with Gasteiger partial charge >= 0.3 is 0 Å². The standard InChI is InChI=1S/C19H21ClN4O2.ClH/c20-16-5-6-17(22-12-16)23-18(25)14-7-9-24(10-8-14)19(26)15-3-1-13(11-21)2-4-15;/h1-6,12,14H,7-11,21H2,(H,22,23,25);1H. The number of amides is 2. The Morgan fingerprint density at radius 2 is 1.81 bits per heavy atom. The van der Waals surface area contributed by atoms with Gasteiger partial charge in [0, 0.05) is 37.3 Å². The molecule has 144 valence electrons. The number of pyridine rings is 1. The summed E-state index contributed by atoms with van der Waals surface area (Å²) < 4.78 is 0. The predicted molar refractivity (Wildman–Crippen MR) is 108 cm³/mol. The highest BCUT2D eigenvalue weighted by Gasteiger charge is 2.28. The van der Waals surface area contributed by atoms with Crippen molar-refractivity contribution in [1.29, 1.82) is 0 Å². The summed E-state index contributed by atoms with van der Waals surface area (Å²) in [5.74, 6) is 0.278. The van der Waals surface area contributed by atoms with E-state index in [9.17, 15) is 9.59 Å². The van der Waals surface area contributed by atoms with E-state index in [0.717, 1.165) is 5.56 Å². The summed E-state index contributed by atoms with van der Waals surface area (Å²) in [6.07, 6.45) is 2.76. The second-order valence-electron chi connectivity index (χ2n) is 6.32. The van der Waals surface area contributed by atoms with Gasteiger partial charge < -0.3 is 16.0 Å². The third kappa shape index (κ3) is 5.42. The molecule has 0 atom stereocenters. The molecule has 1 aliphatic heterocycles. The lowest BCUT2D eigenvalue weighted by molar-refractivity contribution is -0.121. The van der Waals surface area contributed by atoms with Crippen LogP contribution in [-0.4, -0.2) is 34.8 Å². The Morgan fingerprint density at radius 1 is 1.15 bits per heavy atom. The number of nitrogens with two attached hydrogens (primary N) is 1. The Bertz CT molecular complexity index is 773. The molecule has 3 N–H and O–H groups in total. The molecular weight excluding hydrogens is 387 g/mol. The van der Waals surface area contributed by atoms with Crippen molar-refractivity contribution >= 4 is 41.6 Å². The summed E-state index contributed by atoms with van der Waals surface area (Å²) in [4.78, 5) is 30.8. The number of hydrogen-bond acceptors (Lipinski definition) is 4. The molecule has 1 fully saturated rings. The third-order valence-corrected chi connectivity index (χ3v) is 4.79. The van der Waals surface area contributed by atoms with Gasteiger partial charge in [0.05, 0.1) is 5.02 Å². The zero-order valence-electron chi connectivity index (χ0n) is 14.7. The first-order chi connectivity index (χ1) is 12.6. The fourth-order valence-corrected chi connectivity index (χ4v) is 3.10. The number of piperidine rings is 1. The minimum atomic E-state index is -0.129. The number of hydrogen-bond donors (Lipinski definition) is 2. The quantitative estimate of drug-likeness (QED) is 0.812. The van der Waals surface area contributed by atoms with Crippen molar-refractivity contribution in [3.05, 3.63) is 58.7 Å². The smallest absolute Gasteiger partial charge is 0.253 e. The summed E-state index contributed by atoms with van der Waals surface area (Å²) in [5.41, 5.74) is 7.22. The minimum absolute atomic E-state index is 0. The molecule has 6 nitrogen and oxygen atoms in total. The summed E-state index contributed by atoms with van der Waals surface area (Å²) >= 11 is 5.79. The van der Waals surface area contributed by atoms with Crippen molar-refractivity contribution in [3.8, 4) is 0 Å². The van der Waals surface area contributed by atoms with Crippen LogP contribution < -0.4 is 11.1 Å². The van der Waals surface area contributed by atoms with Crippen molar-refractivity contribution in [2.45, 2.75) is 19.4 Å². The van der Waals surface area contributed by atoms with Gasteiger partial charge in [-0.25, -0.2) is 4.98 Å². The Labute approximate surface area is 169 Å². The summed E-state index contributed by atoms with van der Waals surface area (Å²) in [6, 6.07) is 10.7. The van der Waals surface area contributed by atoms with Crippen LogP contribution in [-0.2, 0) is 11.3 Å². The summed E-state index contributed by atoms with van der Waals surface area (Å²) in [6.45, 7) is 1.57. The number of anilines is 1. The molecule has 0 saturated carbocycles. The van der Waals surface area contributed by atoms with Crippen LogP contribution in [0.3, 0.4) is 0 Å². The molecule has 0 aliphatic carbocycles. The van der Waals surface area contributed by atoms with E-state index in [-0.39, 0.29) is 30.1 Å². The largest absolute Gasteiger partial charge is 0.339 e. The molecule has 0 radical (unpaired) electrons. The van der Waals surface area contributed by atoms with Crippen LogP contribution in [0, 0.1) is 5.92 Å². The molecule has 27 heavy (non-hydrogen) atoms. The monoisotopic (exact) mass is 408 g/mol. The van der Waals surface area contributed by atoms with Crippen molar-refractivity contribution < 1.29 is 9.59 Å². The third-order valence-electron chi connectivity index (χ3n) is 4.57. The maximum Gasteiger partial charge on any atom is 0.253 e. The van der Waals surface area contributed by atoms with Crippen LogP contribution in [0.25, 0.3) is 0 Å². The van der Waals surface area contributed by atoms with Gasteiger partial charge in [0.1, 0.15) is 5.82 Å². The maximum atomic E-state index is 12.6. The molecule has 1 aromatic heterocycles. The highest BCUT2D eigenvalue weighted by atomic mass is 35.5. The van der Waals surface area contributed by atoms with Crippen LogP contribution >= 0.6 is 24.0 Å². The second kappa shape index (κ2) is 9.69. The van der Waals surface area contributed by atoms with Crippen molar-refractivity contribution in [2.75, 3.05) is 18.4 Å². The van der Waals surface area contributed by atoms with Gasteiger partial charge in [0.2, 0.25) is 5.91 Å². The number of nitrogens with one attached hydrogen (secondary N) is 1. The minimum Gasteiger partial charge on any atom is -0.339 e. The van der Waals surface area contributed by atoms with Gasteiger partial charge in [-0.05, 0) is 42.7 Å². The average Bonchev–Trinajstić information content (AvgIpc) is 2.69. The van der Waals surface area contributed by atoms with E-state index in [1.165, 1.54) is 6.20 Å². The summed E-state index contributed by atoms with van der Waals surface area (Å²) in [7, 11) is 0. The molecule has 2 amide bonds. The molecule has 1 aliphatic rings. The highest BCUT2D eigenvalue weighted by Crippen LogP contribution is 2.21. The number of rotatable bonds is 4. The molecule has 2 heterocycles. The number of carbonyl (C=O) groups excluding carboxylic acids is 2. The molecule has 2 aromatic rings. The SMILES string of the molecule is Cl.NCc1ccc(C(=O)N2CCC(C(=O)Nc3ccc(Cl)cn3)CC2)cc1. The molecule has 0 bridgehead atoms. The predicted octanol–water partition coefficient (Wildman–Crippen LogP) is 3.11. The molecule has 1 saturated heterocycles. The van der Waals surface area contributed by atoms with E-state index in [1.807, 2.05) is 12.1 Å². The fraction of sp³-hybridized carbons (Fsp3) is 0.316. The zero-order valence-corrected chi connectivity index (χ0v) is 16.3. The van der Waals surface area contributed by atoms with E-state index in [1.54, 1.807) is 29.2 Å². The molecule has 0 unspecified atom stereocenters. The summed E-state index contributed by atoms with van der Waals surface area (Å²) in [5, 5.41) is 3.33. The van der Waals surface area contributed by atoms with Crippen molar-refractivity contribution in [1.82, 2.24) is 9.88 Å². The van der Waals surface area contributed by atoms with Crippen molar-refractivity contribution in [3.63, 3.8) is 0 Å².